The monoisotopic (exact) mass is 231 g/mol. The van der Waals surface area contributed by atoms with E-state index in [0.29, 0.717) is 18.3 Å². The normalized spacial score (nSPS) is 21.3. The van der Waals surface area contributed by atoms with Crippen molar-refractivity contribution in [3.63, 3.8) is 0 Å². The van der Waals surface area contributed by atoms with Gasteiger partial charge in [-0.05, 0) is 31.4 Å². The molecule has 1 unspecified atom stereocenters. The first-order valence-electron chi connectivity index (χ1n) is 5.30. The van der Waals surface area contributed by atoms with Gasteiger partial charge in [-0.1, -0.05) is 5.16 Å². The maximum atomic E-state index is 8.53. The molecule has 1 atom stereocenters. The zero-order valence-corrected chi connectivity index (χ0v) is 10.3. The first kappa shape index (κ1) is 12.6. The Bertz CT molecular complexity index is 229. The first-order valence-corrected chi connectivity index (χ1v) is 6.70. The molecule has 0 aromatic rings. The molecule has 0 radical (unpaired) electrons. The van der Waals surface area contributed by atoms with Crippen LogP contribution < -0.4 is 11.1 Å². The maximum absolute atomic E-state index is 8.53. The molecule has 15 heavy (non-hydrogen) atoms. The van der Waals surface area contributed by atoms with Gasteiger partial charge in [-0.3, -0.25) is 0 Å². The lowest BCUT2D eigenvalue weighted by Crippen LogP contribution is -2.35. The smallest absolute Gasteiger partial charge is 0.139 e. The zero-order valence-electron chi connectivity index (χ0n) is 9.49. The van der Waals surface area contributed by atoms with Crippen LogP contribution in [0.25, 0.3) is 0 Å². The third kappa shape index (κ3) is 4.30. The highest BCUT2D eigenvalue weighted by atomic mass is 32.2. The van der Waals surface area contributed by atoms with E-state index in [-0.39, 0.29) is 5.41 Å². The highest BCUT2D eigenvalue weighted by Gasteiger charge is 2.43. The molecule has 0 aromatic heterocycles. The van der Waals surface area contributed by atoms with E-state index in [1.165, 1.54) is 12.8 Å². The van der Waals surface area contributed by atoms with Gasteiger partial charge in [0.05, 0.1) is 0 Å². The summed E-state index contributed by atoms with van der Waals surface area (Å²) in [6.07, 6.45) is 5.19. The van der Waals surface area contributed by atoms with E-state index in [1.54, 1.807) is 0 Å². The van der Waals surface area contributed by atoms with E-state index in [0.717, 1.165) is 12.3 Å². The third-order valence-corrected chi connectivity index (χ3v) is 3.72. The summed E-state index contributed by atoms with van der Waals surface area (Å²) in [6, 6.07) is 0.532. The van der Waals surface area contributed by atoms with Gasteiger partial charge < -0.3 is 16.3 Å². The summed E-state index contributed by atoms with van der Waals surface area (Å²) in [6.45, 7) is 3.17. The van der Waals surface area contributed by atoms with Gasteiger partial charge in [0.2, 0.25) is 0 Å². The maximum Gasteiger partial charge on any atom is 0.139 e. The van der Waals surface area contributed by atoms with Gasteiger partial charge in [-0.25, -0.2) is 0 Å². The number of thioether (sulfide) groups is 1. The molecule has 0 saturated heterocycles. The number of hydrogen-bond donors (Lipinski definition) is 3. The van der Waals surface area contributed by atoms with Crippen molar-refractivity contribution in [1.29, 1.82) is 0 Å². The van der Waals surface area contributed by atoms with Crippen LogP contribution in [0.15, 0.2) is 5.16 Å². The molecular weight excluding hydrogens is 210 g/mol. The van der Waals surface area contributed by atoms with Crippen molar-refractivity contribution in [2.24, 2.45) is 16.3 Å². The van der Waals surface area contributed by atoms with Gasteiger partial charge in [0.1, 0.15) is 5.84 Å². The number of amidine groups is 1. The van der Waals surface area contributed by atoms with Gasteiger partial charge in [0.15, 0.2) is 0 Å². The average Bonchev–Trinajstić information content (AvgIpc) is 2.96. The van der Waals surface area contributed by atoms with Crippen LogP contribution in [-0.4, -0.2) is 35.6 Å². The molecule has 1 aliphatic carbocycles. The molecular formula is C10H21N3OS. The molecule has 88 valence electrons. The number of nitrogens with zero attached hydrogens (tertiary/aromatic N) is 1. The van der Waals surface area contributed by atoms with Crippen LogP contribution in [0.1, 0.15) is 26.2 Å². The standard InChI is InChI=1S/C10H21N3OS/c1-8(6-15-2)12-7-10(3-4-10)5-9(11)13-14/h8,12,14H,3-7H2,1-2H3,(H2,11,13). The lowest BCUT2D eigenvalue weighted by molar-refractivity contribution is 0.314. The third-order valence-electron chi connectivity index (χ3n) is 2.88. The molecule has 1 saturated carbocycles. The second-order valence-electron chi connectivity index (χ2n) is 4.51. The summed E-state index contributed by atoms with van der Waals surface area (Å²) in [5.41, 5.74) is 5.80. The Hall–Kier alpha value is -0.420. The summed E-state index contributed by atoms with van der Waals surface area (Å²) in [5.74, 6) is 1.48. The van der Waals surface area contributed by atoms with Gasteiger partial charge in [0.25, 0.3) is 0 Å². The Kier molecular flexibility index (Phi) is 4.73. The lowest BCUT2D eigenvalue weighted by Gasteiger charge is -2.19. The van der Waals surface area contributed by atoms with E-state index >= 15 is 0 Å². The summed E-state index contributed by atoms with van der Waals surface area (Å²) in [7, 11) is 0. The quantitative estimate of drug-likeness (QED) is 0.267. The number of nitrogens with one attached hydrogen (secondary N) is 1. The van der Waals surface area contributed by atoms with Crippen LogP contribution in [0, 0.1) is 5.41 Å². The van der Waals surface area contributed by atoms with E-state index in [2.05, 4.69) is 23.7 Å². The number of rotatable bonds is 7. The Morgan fingerprint density at radius 2 is 2.33 bits per heavy atom. The van der Waals surface area contributed by atoms with Crippen LogP contribution in [0.5, 0.6) is 0 Å². The van der Waals surface area contributed by atoms with E-state index in [1.807, 2.05) is 11.8 Å². The fraction of sp³-hybridized carbons (Fsp3) is 0.900. The predicted molar refractivity (Wildman–Crippen MR) is 65.5 cm³/mol. The second kappa shape index (κ2) is 5.61. The van der Waals surface area contributed by atoms with Crippen molar-refractivity contribution in [1.82, 2.24) is 5.32 Å². The SMILES string of the molecule is CSCC(C)NCC1(CC(N)=NO)CC1. The number of oxime groups is 1. The van der Waals surface area contributed by atoms with Crippen molar-refractivity contribution in [2.75, 3.05) is 18.6 Å². The predicted octanol–water partition coefficient (Wildman–Crippen LogP) is 1.24. The molecule has 0 aliphatic heterocycles. The minimum absolute atomic E-state index is 0.267. The van der Waals surface area contributed by atoms with Gasteiger partial charge in [-0.2, -0.15) is 11.8 Å². The fourth-order valence-electron chi connectivity index (χ4n) is 1.71. The van der Waals surface area contributed by atoms with Gasteiger partial charge in [0, 0.05) is 24.8 Å². The van der Waals surface area contributed by atoms with Crippen molar-refractivity contribution < 1.29 is 5.21 Å². The van der Waals surface area contributed by atoms with Crippen molar-refractivity contribution in [2.45, 2.75) is 32.2 Å². The van der Waals surface area contributed by atoms with E-state index in [9.17, 15) is 0 Å². The van der Waals surface area contributed by atoms with E-state index < -0.39 is 0 Å². The number of nitrogens with two attached hydrogens (primary N) is 1. The molecule has 1 fully saturated rings. The molecule has 0 aromatic carbocycles. The fourth-order valence-corrected chi connectivity index (χ4v) is 2.33. The highest BCUT2D eigenvalue weighted by Crippen LogP contribution is 2.48. The minimum Gasteiger partial charge on any atom is -0.409 e. The lowest BCUT2D eigenvalue weighted by atomic mass is 10.0. The Balaban J connectivity index is 2.25. The molecule has 1 rings (SSSR count). The summed E-state index contributed by atoms with van der Waals surface area (Å²) in [5, 5.41) is 15.1. The van der Waals surface area contributed by atoms with Crippen LogP contribution in [-0.2, 0) is 0 Å². The van der Waals surface area contributed by atoms with Crippen LogP contribution in [0.2, 0.25) is 0 Å². The zero-order chi connectivity index (χ0) is 11.3. The van der Waals surface area contributed by atoms with Crippen LogP contribution in [0.4, 0.5) is 0 Å². The second-order valence-corrected chi connectivity index (χ2v) is 5.42. The first-order chi connectivity index (χ1) is 7.12. The molecule has 1 aliphatic rings. The molecule has 0 spiro atoms. The molecule has 0 heterocycles. The van der Waals surface area contributed by atoms with Crippen molar-refractivity contribution in [3.8, 4) is 0 Å². The summed E-state index contributed by atoms with van der Waals surface area (Å²) >= 11 is 1.85. The van der Waals surface area contributed by atoms with Crippen LogP contribution >= 0.6 is 11.8 Å². The molecule has 0 bridgehead atoms. The molecule has 0 amide bonds. The molecule has 4 nitrogen and oxygen atoms in total. The average molecular weight is 231 g/mol. The largest absolute Gasteiger partial charge is 0.409 e. The van der Waals surface area contributed by atoms with Crippen molar-refractivity contribution >= 4 is 17.6 Å². The van der Waals surface area contributed by atoms with Gasteiger partial charge >= 0.3 is 0 Å². The topological polar surface area (TPSA) is 70.6 Å². The summed E-state index contributed by atoms with van der Waals surface area (Å²) in [4.78, 5) is 0. The Labute approximate surface area is 95.7 Å². The van der Waals surface area contributed by atoms with Crippen LogP contribution in [0.3, 0.4) is 0 Å². The van der Waals surface area contributed by atoms with Gasteiger partial charge in [-0.15, -0.1) is 0 Å². The molecule has 5 heteroatoms. The number of hydrogen-bond acceptors (Lipinski definition) is 4. The van der Waals surface area contributed by atoms with E-state index in [4.69, 9.17) is 10.9 Å². The minimum atomic E-state index is 0.267. The Morgan fingerprint density at radius 3 is 2.80 bits per heavy atom. The highest BCUT2D eigenvalue weighted by molar-refractivity contribution is 7.98. The summed E-state index contributed by atoms with van der Waals surface area (Å²) < 4.78 is 0. The van der Waals surface area contributed by atoms with Crippen molar-refractivity contribution in [3.05, 3.63) is 0 Å². The molecule has 4 N–H and O–H groups in total. The Morgan fingerprint density at radius 1 is 1.67 bits per heavy atom.